The second kappa shape index (κ2) is 5.90. The molecule has 0 spiro atoms. The number of hydrogen-bond donors (Lipinski definition) is 1. The lowest BCUT2D eigenvalue weighted by atomic mass is 10.0. The molecule has 0 saturated heterocycles. The van der Waals surface area contributed by atoms with E-state index in [0.29, 0.717) is 23.3 Å². The zero-order chi connectivity index (χ0) is 14.8. The van der Waals surface area contributed by atoms with E-state index < -0.39 is 20.6 Å². The molecule has 1 atom stereocenters. The van der Waals surface area contributed by atoms with E-state index in [1.54, 1.807) is 31.8 Å². The first-order valence-corrected chi connectivity index (χ1v) is 8.46. The van der Waals surface area contributed by atoms with Crippen molar-refractivity contribution in [3.05, 3.63) is 16.4 Å². The summed E-state index contributed by atoms with van der Waals surface area (Å²) in [7, 11) is -1.70. The predicted molar refractivity (Wildman–Crippen MR) is 77.7 cm³/mol. The summed E-state index contributed by atoms with van der Waals surface area (Å²) in [6, 6.07) is -0.684. The molecule has 0 bridgehead atoms. The van der Waals surface area contributed by atoms with Gasteiger partial charge in [-0.3, -0.25) is 4.68 Å². The van der Waals surface area contributed by atoms with Gasteiger partial charge in [0.2, 0.25) is 0 Å². The highest BCUT2D eigenvalue weighted by Crippen LogP contribution is 2.33. The lowest BCUT2D eigenvalue weighted by Crippen LogP contribution is -2.43. The molecular formula is C11H20BrN3O3S. The van der Waals surface area contributed by atoms with Crippen molar-refractivity contribution in [2.24, 2.45) is 5.73 Å². The summed E-state index contributed by atoms with van der Waals surface area (Å²) < 4.78 is 30.1. The van der Waals surface area contributed by atoms with Crippen molar-refractivity contribution >= 4 is 25.8 Å². The Balaban J connectivity index is 3.19. The third-order valence-corrected chi connectivity index (χ3v) is 6.12. The minimum absolute atomic E-state index is 0.479. The summed E-state index contributed by atoms with van der Waals surface area (Å²) in [5.74, 6) is 0. The molecule has 1 rings (SSSR count). The van der Waals surface area contributed by atoms with E-state index >= 15 is 0 Å². The highest BCUT2D eigenvalue weighted by molar-refractivity contribution is 9.10. The highest BCUT2D eigenvalue weighted by atomic mass is 79.9. The Bertz CT molecular complexity index is 539. The van der Waals surface area contributed by atoms with Crippen molar-refractivity contribution in [2.45, 2.75) is 31.2 Å². The number of hydrogen-bond acceptors (Lipinski definition) is 5. The third kappa shape index (κ3) is 3.36. The Labute approximate surface area is 122 Å². The molecule has 0 aliphatic carbocycles. The molecule has 1 unspecified atom stereocenters. The number of rotatable bonds is 6. The first-order valence-electron chi connectivity index (χ1n) is 5.78. The fraction of sp³-hybridized carbons (Fsp3) is 0.727. The second-order valence-electron chi connectivity index (χ2n) is 4.95. The zero-order valence-corrected chi connectivity index (χ0v) is 14.0. The maximum Gasteiger partial charge on any atom is 0.154 e. The van der Waals surface area contributed by atoms with E-state index in [9.17, 15) is 8.42 Å². The van der Waals surface area contributed by atoms with Crippen LogP contribution in [0.15, 0.2) is 10.7 Å². The molecule has 8 heteroatoms. The van der Waals surface area contributed by atoms with Crippen molar-refractivity contribution in [3.8, 4) is 0 Å². The number of ether oxygens (including phenoxy) is 1. The van der Waals surface area contributed by atoms with Gasteiger partial charge < -0.3 is 10.5 Å². The number of sulfone groups is 1. The standard InChI is InChI=1S/C11H20BrN3O3S/c1-11(2,19(4,16)17)10(13)9-8(12)7-14-15(9)5-6-18-3/h7,10H,5-6,13H2,1-4H3. The fourth-order valence-corrected chi connectivity index (χ4v) is 2.71. The topological polar surface area (TPSA) is 87.2 Å². The molecule has 0 aliphatic heterocycles. The molecule has 2 N–H and O–H groups in total. The Hall–Kier alpha value is -0.440. The van der Waals surface area contributed by atoms with Gasteiger partial charge >= 0.3 is 0 Å². The molecule has 0 fully saturated rings. The predicted octanol–water partition coefficient (Wildman–Crippen LogP) is 1.11. The number of methoxy groups -OCH3 is 1. The average Bonchev–Trinajstić information content (AvgIpc) is 2.65. The summed E-state index contributed by atoms with van der Waals surface area (Å²) in [6.07, 6.45) is 2.81. The molecular weight excluding hydrogens is 334 g/mol. The molecule has 110 valence electrons. The molecule has 0 saturated carbocycles. The van der Waals surface area contributed by atoms with Gasteiger partial charge in [-0.2, -0.15) is 5.10 Å². The van der Waals surface area contributed by atoms with Gasteiger partial charge in [-0.15, -0.1) is 0 Å². The van der Waals surface area contributed by atoms with Gasteiger partial charge in [0.1, 0.15) is 0 Å². The largest absolute Gasteiger partial charge is 0.383 e. The van der Waals surface area contributed by atoms with Gasteiger partial charge in [0.15, 0.2) is 9.84 Å². The van der Waals surface area contributed by atoms with Crippen LogP contribution in [0.2, 0.25) is 0 Å². The quantitative estimate of drug-likeness (QED) is 0.827. The van der Waals surface area contributed by atoms with Gasteiger partial charge in [-0.05, 0) is 29.8 Å². The Morgan fingerprint density at radius 2 is 2.16 bits per heavy atom. The first kappa shape index (κ1) is 16.6. The minimum atomic E-state index is -3.30. The summed E-state index contributed by atoms with van der Waals surface area (Å²) in [5.41, 5.74) is 6.83. The van der Waals surface area contributed by atoms with Crippen molar-refractivity contribution in [1.82, 2.24) is 9.78 Å². The molecule has 1 aromatic rings. The van der Waals surface area contributed by atoms with Crippen molar-refractivity contribution in [2.75, 3.05) is 20.0 Å². The Kier molecular flexibility index (Phi) is 5.16. The molecule has 6 nitrogen and oxygen atoms in total. The molecule has 1 heterocycles. The molecule has 0 amide bonds. The summed E-state index contributed by atoms with van der Waals surface area (Å²) >= 11 is 3.37. The third-order valence-electron chi connectivity index (χ3n) is 3.34. The lowest BCUT2D eigenvalue weighted by molar-refractivity contribution is 0.181. The number of halogens is 1. The number of nitrogens with two attached hydrogens (primary N) is 1. The summed E-state index contributed by atoms with van der Waals surface area (Å²) in [6.45, 7) is 4.23. The van der Waals surface area contributed by atoms with E-state index in [2.05, 4.69) is 21.0 Å². The van der Waals surface area contributed by atoms with Gasteiger partial charge in [-0.1, -0.05) is 0 Å². The molecule has 0 aliphatic rings. The fourth-order valence-electron chi connectivity index (χ4n) is 1.60. The molecule has 0 aromatic carbocycles. The maximum atomic E-state index is 11.9. The van der Waals surface area contributed by atoms with Crippen molar-refractivity contribution < 1.29 is 13.2 Å². The molecule has 0 radical (unpaired) electrons. The zero-order valence-electron chi connectivity index (χ0n) is 11.6. The van der Waals surface area contributed by atoms with Gasteiger partial charge in [0.05, 0.1) is 40.3 Å². The van der Waals surface area contributed by atoms with E-state index in [4.69, 9.17) is 10.5 Å². The van der Waals surface area contributed by atoms with Crippen LogP contribution in [0.1, 0.15) is 25.6 Å². The van der Waals surface area contributed by atoms with Crippen LogP contribution in [-0.2, 0) is 21.1 Å². The monoisotopic (exact) mass is 353 g/mol. The van der Waals surface area contributed by atoms with E-state index in [0.717, 1.165) is 0 Å². The Morgan fingerprint density at radius 1 is 1.58 bits per heavy atom. The molecule has 19 heavy (non-hydrogen) atoms. The number of nitrogens with zero attached hydrogens (tertiary/aromatic N) is 2. The van der Waals surface area contributed by atoms with Gasteiger partial charge in [-0.25, -0.2) is 8.42 Å². The van der Waals surface area contributed by atoms with Crippen LogP contribution < -0.4 is 5.73 Å². The summed E-state index contributed by atoms with van der Waals surface area (Å²) in [4.78, 5) is 0. The summed E-state index contributed by atoms with van der Waals surface area (Å²) in [5, 5.41) is 4.18. The van der Waals surface area contributed by atoms with Crippen molar-refractivity contribution in [3.63, 3.8) is 0 Å². The normalized spacial score (nSPS) is 14.6. The van der Waals surface area contributed by atoms with E-state index in [-0.39, 0.29) is 0 Å². The Morgan fingerprint density at radius 3 is 2.63 bits per heavy atom. The van der Waals surface area contributed by atoms with E-state index in [1.807, 2.05) is 0 Å². The average molecular weight is 354 g/mol. The SMILES string of the molecule is COCCn1ncc(Br)c1C(N)C(C)(C)S(C)(=O)=O. The van der Waals surface area contributed by atoms with Crippen LogP contribution >= 0.6 is 15.9 Å². The van der Waals surface area contributed by atoms with Gasteiger partial charge in [0.25, 0.3) is 0 Å². The van der Waals surface area contributed by atoms with Crippen LogP contribution in [0, 0.1) is 0 Å². The highest BCUT2D eigenvalue weighted by Gasteiger charge is 2.40. The number of aromatic nitrogens is 2. The molecule has 1 aromatic heterocycles. The minimum Gasteiger partial charge on any atom is -0.383 e. The van der Waals surface area contributed by atoms with Crippen LogP contribution in [0.3, 0.4) is 0 Å². The van der Waals surface area contributed by atoms with Crippen LogP contribution in [-0.4, -0.2) is 42.9 Å². The van der Waals surface area contributed by atoms with Gasteiger partial charge in [0, 0.05) is 13.4 Å². The second-order valence-corrected chi connectivity index (χ2v) is 8.40. The van der Waals surface area contributed by atoms with Crippen LogP contribution in [0.5, 0.6) is 0 Å². The smallest absolute Gasteiger partial charge is 0.154 e. The first-order chi connectivity index (χ1) is 8.63. The van der Waals surface area contributed by atoms with Crippen LogP contribution in [0.4, 0.5) is 0 Å². The van der Waals surface area contributed by atoms with Crippen LogP contribution in [0.25, 0.3) is 0 Å². The maximum absolute atomic E-state index is 11.9. The lowest BCUT2D eigenvalue weighted by Gasteiger charge is -2.30. The van der Waals surface area contributed by atoms with E-state index in [1.165, 1.54) is 6.26 Å². The van der Waals surface area contributed by atoms with Crippen molar-refractivity contribution in [1.29, 1.82) is 0 Å².